The molecule has 2 aromatic heterocycles. The molecule has 1 aliphatic rings. The molecule has 0 radical (unpaired) electrons. The van der Waals surface area contributed by atoms with Gasteiger partial charge in [0, 0.05) is 30.2 Å². The largest absolute Gasteiger partial charge is 0.497 e. The normalized spacial score (nSPS) is 14.9. The highest BCUT2D eigenvalue weighted by molar-refractivity contribution is 7.15. The molecule has 1 aromatic carbocycles. The van der Waals surface area contributed by atoms with Gasteiger partial charge in [0.1, 0.15) is 11.4 Å². The minimum atomic E-state index is -0.156. The van der Waals surface area contributed by atoms with Crippen molar-refractivity contribution in [2.24, 2.45) is 5.92 Å². The second-order valence-electron chi connectivity index (χ2n) is 6.95. The zero-order chi connectivity index (χ0) is 20.4. The van der Waals surface area contributed by atoms with E-state index in [4.69, 9.17) is 9.47 Å². The minimum absolute atomic E-state index is 0.0303. The van der Waals surface area contributed by atoms with Crippen LogP contribution in [0.2, 0.25) is 0 Å². The third-order valence-electron chi connectivity index (χ3n) is 5.22. The number of amides is 1. The number of aromatic nitrogens is 2. The highest BCUT2D eigenvalue weighted by Gasteiger charge is 2.30. The molecule has 29 heavy (non-hydrogen) atoms. The van der Waals surface area contributed by atoms with Crippen LogP contribution in [0.4, 0.5) is 0 Å². The molecule has 8 heteroatoms. The maximum atomic E-state index is 13.1. The van der Waals surface area contributed by atoms with Crippen molar-refractivity contribution in [3.8, 4) is 17.0 Å². The summed E-state index contributed by atoms with van der Waals surface area (Å²) in [6.45, 7) is 3.31. The standard InChI is InChI=1S/C21H23N3O4S/c1-3-28-20(26)15-8-10-23(11-9-15)19(25)18-13-29-21-22-17(12-24(18)21)14-4-6-16(27-2)7-5-14/h4-7,12-13,15H,3,8-11H2,1-2H3. The van der Waals surface area contributed by atoms with E-state index in [9.17, 15) is 9.59 Å². The molecule has 1 amide bonds. The molecular formula is C21H23N3O4S. The first-order valence-electron chi connectivity index (χ1n) is 9.67. The number of carbonyl (C=O) groups is 2. The monoisotopic (exact) mass is 413 g/mol. The number of esters is 1. The fourth-order valence-corrected chi connectivity index (χ4v) is 4.43. The number of carbonyl (C=O) groups excluding carboxylic acids is 2. The number of rotatable bonds is 5. The lowest BCUT2D eigenvalue weighted by molar-refractivity contribution is -0.149. The maximum Gasteiger partial charge on any atom is 0.309 e. The number of methoxy groups -OCH3 is 1. The molecule has 0 saturated carbocycles. The number of ether oxygens (including phenoxy) is 2. The van der Waals surface area contributed by atoms with Gasteiger partial charge in [-0.2, -0.15) is 0 Å². The Labute approximate surface area is 172 Å². The van der Waals surface area contributed by atoms with Gasteiger partial charge in [-0.1, -0.05) is 0 Å². The second-order valence-corrected chi connectivity index (χ2v) is 7.78. The molecule has 4 rings (SSSR count). The van der Waals surface area contributed by atoms with Crippen molar-refractivity contribution in [1.82, 2.24) is 14.3 Å². The summed E-state index contributed by atoms with van der Waals surface area (Å²) >= 11 is 1.45. The molecule has 1 saturated heterocycles. The fraction of sp³-hybridized carbons (Fsp3) is 0.381. The zero-order valence-corrected chi connectivity index (χ0v) is 17.3. The van der Waals surface area contributed by atoms with Gasteiger partial charge in [0.05, 0.1) is 25.3 Å². The van der Waals surface area contributed by atoms with Crippen LogP contribution in [0.5, 0.6) is 5.75 Å². The molecule has 1 fully saturated rings. The molecule has 1 aliphatic heterocycles. The van der Waals surface area contributed by atoms with Crippen molar-refractivity contribution >= 4 is 28.2 Å². The van der Waals surface area contributed by atoms with Gasteiger partial charge in [0.2, 0.25) is 0 Å². The number of piperidine rings is 1. The molecule has 0 unspecified atom stereocenters. The number of benzene rings is 1. The van der Waals surface area contributed by atoms with E-state index in [2.05, 4.69) is 4.98 Å². The van der Waals surface area contributed by atoms with Crippen molar-refractivity contribution in [3.05, 3.63) is 41.5 Å². The lowest BCUT2D eigenvalue weighted by Crippen LogP contribution is -2.41. The molecular weight excluding hydrogens is 390 g/mol. The van der Waals surface area contributed by atoms with Crippen LogP contribution in [0.3, 0.4) is 0 Å². The quantitative estimate of drug-likeness (QED) is 0.599. The van der Waals surface area contributed by atoms with Crippen molar-refractivity contribution in [2.75, 3.05) is 26.8 Å². The van der Waals surface area contributed by atoms with Crippen molar-refractivity contribution in [2.45, 2.75) is 19.8 Å². The summed E-state index contributed by atoms with van der Waals surface area (Å²) < 4.78 is 12.2. The van der Waals surface area contributed by atoms with Crippen LogP contribution in [0.25, 0.3) is 16.2 Å². The van der Waals surface area contributed by atoms with Crippen molar-refractivity contribution in [3.63, 3.8) is 0 Å². The second kappa shape index (κ2) is 8.24. The van der Waals surface area contributed by atoms with Gasteiger partial charge < -0.3 is 14.4 Å². The van der Waals surface area contributed by atoms with E-state index in [-0.39, 0.29) is 17.8 Å². The van der Waals surface area contributed by atoms with Gasteiger partial charge in [-0.15, -0.1) is 11.3 Å². The first-order valence-corrected chi connectivity index (χ1v) is 10.6. The third kappa shape index (κ3) is 3.85. The number of hydrogen-bond donors (Lipinski definition) is 0. The van der Waals surface area contributed by atoms with Crippen LogP contribution in [-0.2, 0) is 9.53 Å². The van der Waals surface area contributed by atoms with Gasteiger partial charge in [0.15, 0.2) is 4.96 Å². The van der Waals surface area contributed by atoms with E-state index in [1.807, 2.05) is 52.1 Å². The van der Waals surface area contributed by atoms with Gasteiger partial charge in [-0.05, 0) is 44.0 Å². The smallest absolute Gasteiger partial charge is 0.309 e. The number of thiazole rings is 1. The molecule has 7 nitrogen and oxygen atoms in total. The first-order chi connectivity index (χ1) is 14.1. The lowest BCUT2D eigenvalue weighted by Gasteiger charge is -2.30. The van der Waals surface area contributed by atoms with Crippen LogP contribution < -0.4 is 4.74 Å². The van der Waals surface area contributed by atoms with Crippen LogP contribution in [-0.4, -0.2) is 53.0 Å². The minimum Gasteiger partial charge on any atom is -0.497 e. The Kier molecular flexibility index (Phi) is 5.53. The van der Waals surface area contributed by atoms with E-state index < -0.39 is 0 Å². The highest BCUT2D eigenvalue weighted by Crippen LogP contribution is 2.27. The van der Waals surface area contributed by atoms with Gasteiger partial charge >= 0.3 is 5.97 Å². The van der Waals surface area contributed by atoms with Crippen LogP contribution >= 0.6 is 11.3 Å². The van der Waals surface area contributed by atoms with Crippen molar-refractivity contribution < 1.29 is 19.1 Å². The van der Waals surface area contributed by atoms with E-state index in [1.165, 1.54) is 11.3 Å². The van der Waals surface area contributed by atoms with E-state index in [1.54, 1.807) is 7.11 Å². The van der Waals surface area contributed by atoms with E-state index in [0.717, 1.165) is 22.0 Å². The van der Waals surface area contributed by atoms with Gasteiger partial charge in [-0.3, -0.25) is 14.0 Å². The van der Waals surface area contributed by atoms with Crippen molar-refractivity contribution in [1.29, 1.82) is 0 Å². The number of nitrogens with zero attached hydrogens (tertiary/aromatic N) is 3. The molecule has 0 atom stereocenters. The predicted molar refractivity (Wildman–Crippen MR) is 110 cm³/mol. The number of imidazole rings is 1. The average molecular weight is 413 g/mol. The summed E-state index contributed by atoms with van der Waals surface area (Å²) in [6, 6.07) is 7.69. The Morgan fingerprint density at radius 2 is 1.93 bits per heavy atom. The zero-order valence-electron chi connectivity index (χ0n) is 16.5. The molecule has 0 spiro atoms. The summed E-state index contributed by atoms with van der Waals surface area (Å²) in [4.78, 5) is 32.2. The molecule has 152 valence electrons. The summed E-state index contributed by atoms with van der Waals surface area (Å²) in [6.07, 6.45) is 3.17. The molecule has 3 heterocycles. The summed E-state index contributed by atoms with van der Waals surface area (Å²) in [5.74, 6) is 0.488. The predicted octanol–water partition coefficient (Wildman–Crippen LogP) is 3.49. The summed E-state index contributed by atoms with van der Waals surface area (Å²) in [5, 5.41) is 1.85. The Morgan fingerprint density at radius 3 is 2.59 bits per heavy atom. The van der Waals surface area contributed by atoms with Crippen LogP contribution in [0, 0.1) is 5.92 Å². The molecule has 0 aliphatic carbocycles. The Bertz CT molecular complexity index is 1020. The SMILES string of the molecule is CCOC(=O)C1CCN(C(=O)c2csc3nc(-c4ccc(OC)cc4)cn23)CC1. The van der Waals surface area contributed by atoms with Crippen LogP contribution in [0.1, 0.15) is 30.3 Å². The Hall–Kier alpha value is -2.87. The number of fused-ring (bicyclic) bond motifs is 1. The van der Waals surface area contributed by atoms with Crippen LogP contribution in [0.15, 0.2) is 35.8 Å². The average Bonchev–Trinajstić information content (AvgIpc) is 3.34. The summed E-state index contributed by atoms with van der Waals surface area (Å²) in [7, 11) is 1.63. The van der Waals surface area contributed by atoms with E-state index >= 15 is 0 Å². The lowest BCUT2D eigenvalue weighted by atomic mass is 9.97. The molecule has 0 N–H and O–H groups in total. The fourth-order valence-electron chi connectivity index (χ4n) is 3.58. The third-order valence-corrected chi connectivity index (χ3v) is 6.06. The summed E-state index contributed by atoms with van der Waals surface area (Å²) in [5.41, 5.74) is 2.39. The maximum absolute atomic E-state index is 13.1. The number of likely N-dealkylation sites (tertiary alicyclic amines) is 1. The topological polar surface area (TPSA) is 73.1 Å². The van der Waals surface area contributed by atoms with Gasteiger partial charge in [0.25, 0.3) is 5.91 Å². The van der Waals surface area contributed by atoms with Gasteiger partial charge in [-0.25, -0.2) is 4.98 Å². The highest BCUT2D eigenvalue weighted by atomic mass is 32.1. The Morgan fingerprint density at radius 1 is 1.21 bits per heavy atom. The Balaban J connectivity index is 1.50. The number of hydrogen-bond acceptors (Lipinski definition) is 6. The van der Waals surface area contributed by atoms with E-state index in [0.29, 0.717) is 38.2 Å². The first kappa shape index (κ1) is 19.4. The molecule has 3 aromatic rings. The molecule has 0 bridgehead atoms.